The smallest absolute Gasteiger partial charge is 0.156 e. The Bertz CT molecular complexity index is 608. The Morgan fingerprint density at radius 1 is 1.25 bits per heavy atom. The van der Waals surface area contributed by atoms with Crippen LogP contribution in [0.1, 0.15) is 12.7 Å². The minimum atomic E-state index is -0.429. The van der Waals surface area contributed by atoms with Gasteiger partial charge in [-0.05, 0) is 19.1 Å². The van der Waals surface area contributed by atoms with Crippen LogP contribution in [0.25, 0.3) is 11.3 Å². The lowest BCUT2D eigenvalue weighted by atomic mass is 10.1. The summed E-state index contributed by atoms with van der Waals surface area (Å²) in [6, 6.07) is 6.07. The highest BCUT2D eigenvalue weighted by atomic mass is 35.5. The van der Waals surface area contributed by atoms with Crippen molar-refractivity contribution in [1.82, 2.24) is 9.97 Å². The first-order valence-electron chi connectivity index (χ1n) is 6.09. The largest absolute Gasteiger partial charge is 0.497 e. The number of rotatable bonds is 5. The van der Waals surface area contributed by atoms with Crippen molar-refractivity contribution in [1.29, 1.82) is 0 Å². The number of nitrogens with zero attached hydrogens (tertiary/aromatic N) is 2. The zero-order valence-corrected chi connectivity index (χ0v) is 11.9. The molecule has 0 atom stereocenters. The second kappa shape index (κ2) is 6.63. The molecule has 20 heavy (non-hydrogen) atoms. The third-order valence-electron chi connectivity index (χ3n) is 2.63. The second-order valence-corrected chi connectivity index (χ2v) is 4.36. The van der Waals surface area contributed by atoms with E-state index in [1.807, 2.05) is 6.92 Å². The van der Waals surface area contributed by atoms with Crippen LogP contribution in [-0.4, -0.2) is 23.7 Å². The van der Waals surface area contributed by atoms with E-state index in [4.69, 9.17) is 21.1 Å². The van der Waals surface area contributed by atoms with E-state index >= 15 is 0 Å². The molecule has 0 N–H and O–H groups in total. The predicted octanol–water partition coefficient (Wildman–Crippen LogP) is 3.48. The van der Waals surface area contributed by atoms with E-state index in [-0.39, 0.29) is 11.8 Å². The fourth-order valence-electron chi connectivity index (χ4n) is 1.69. The summed E-state index contributed by atoms with van der Waals surface area (Å²) >= 11 is 5.94. The minimum Gasteiger partial charge on any atom is -0.497 e. The third-order valence-corrected chi connectivity index (χ3v) is 2.82. The molecule has 0 bridgehead atoms. The molecule has 1 aromatic heterocycles. The number of benzene rings is 1. The van der Waals surface area contributed by atoms with Gasteiger partial charge in [-0.25, -0.2) is 14.4 Å². The number of ether oxygens (including phenoxy) is 2. The number of aromatic nitrogens is 2. The number of hydrogen-bond donors (Lipinski definition) is 0. The van der Waals surface area contributed by atoms with Gasteiger partial charge in [-0.2, -0.15) is 0 Å². The van der Waals surface area contributed by atoms with E-state index < -0.39 is 5.82 Å². The molecule has 1 heterocycles. The van der Waals surface area contributed by atoms with E-state index in [2.05, 4.69) is 9.97 Å². The minimum absolute atomic E-state index is 0.238. The summed E-state index contributed by atoms with van der Waals surface area (Å²) in [5.74, 6) is 0.437. The Hall–Kier alpha value is -1.72. The first-order valence-corrected chi connectivity index (χ1v) is 6.47. The average molecular weight is 297 g/mol. The first-order chi connectivity index (χ1) is 9.63. The molecule has 0 saturated carbocycles. The van der Waals surface area contributed by atoms with Crippen LogP contribution in [0.2, 0.25) is 5.15 Å². The lowest BCUT2D eigenvalue weighted by molar-refractivity contribution is 0.128. The van der Waals surface area contributed by atoms with Gasteiger partial charge in [-0.3, -0.25) is 0 Å². The molecule has 2 aromatic rings. The number of hydrogen-bond acceptors (Lipinski definition) is 4. The summed E-state index contributed by atoms with van der Waals surface area (Å²) in [5, 5.41) is 0.250. The Labute approximate surface area is 121 Å². The Morgan fingerprint density at radius 2 is 2.05 bits per heavy atom. The predicted molar refractivity (Wildman–Crippen MR) is 74.3 cm³/mol. The van der Waals surface area contributed by atoms with Crippen LogP contribution >= 0.6 is 11.6 Å². The second-order valence-electron chi connectivity index (χ2n) is 3.98. The van der Waals surface area contributed by atoms with Crippen molar-refractivity contribution in [3.8, 4) is 17.0 Å². The molecule has 106 valence electrons. The standard InChI is InChI=1S/C14H14ClFN2O2/c1-3-20-8-14-17-12(7-13(15)18-14)10-5-4-9(19-2)6-11(10)16/h4-7H,3,8H2,1-2H3. The Morgan fingerprint density at radius 3 is 2.70 bits per heavy atom. The van der Waals surface area contributed by atoms with Crippen molar-refractivity contribution >= 4 is 11.6 Å². The molecular weight excluding hydrogens is 283 g/mol. The summed E-state index contributed by atoms with van der Waals surface area (Å²) in [7, 11) is 1.48. The van der Waals surface area contributed by atoms with E-state index in [1.165, 1.54) is 19.2 Å². The van der Waals surface area contributed by atoms with Crippen molar-refractivity contribution in [3.63, 3.8) is 0 Å². The molecule has 0 amide bonds. The molecule has 0 aliphatic heterocycles. The monoisotopic (exact) mass is 296 g/mol. The maximum atomic E-state index is 14.0. The third kappa shape index (κ3) is 3.43. The van der Waals surface area contributed by atoms with Crippen molar-refractivity contribution in [2.75, 3.05) is 13.7 Å². The molecular formula is C14H14ClFN2O2. The quantitative estimate of drug-likeness (QED) is 0.792. The zero-order valence-electron chi connectivity index (χ0n) is 11.2. The van der Waals surface area contributed by atoms with Gasteiger partial charge in [-0.1, -0.05) is 11.6 Å². The molecule has 0 aliphatic rings. The van der Waals surface area contributed by atoms with Gasteiger partial charge in [-0.15, -0.1) is 0 Å². The molecule has 0 fully saturated rings. The molecule has 0 aliphatic carbocycles. The van der Waals surface area contributed by atoms with Gasteiger partial charge < -0.3 is 9.47 Å². The van der Waals surface area contributed by atoms with E-state index in [0.717, 1.165) is 0 Å². The molecule has 1 aromatic carbocycles. The number of halogens is 2. The average Bonchev–Trinajstić information content (AvgIpc) is 2.44. The van der Waals surface area contributed by atoms with Crippen LogP contribution < -0.4 is 4.74 Å². The van der Waals surface area contributed by atoms with Gasteiger partial charge in [0.1, 0.15) is 23.3 Å². The van der Waals surface area contributed by atoms with Crippen molar-refractivity contribution in [2.45, 2.75) is 13.5 Å². The van der Waals surface area contributed by atoms with Crippen LogP contribution in [-0.2, 0) is 11.3 Å². The fourth-order valence-corrected chi connectivity index (χ4v) is 1.89. The van der Waals surface area contributed by atoms with Gasteiger partial charge in [0, 0.05) is 24.3 Å². The van der Waals surface area contributed by atoms with Crippen molar-refractivity contribution in [3.05, 3.63) is 41.1 Å². The molecule has 0 radical (unpaired) electrons. The van der Waals surface area contributed by atoms with E-state index in [0.29, 0.717) is 29.4 Å². The summed E-state index contributed by atoms with van der Waals surface area (Å²) in [6.07, 6.45) is 0. The zero-order chi connectivity index (χ0) is 14.5. The summed E-state index contributed by atoms with van der Waals surface area (Å²) in [5.41, 5.74) is 0.757. The number of methoxy groups -OCH3 is 1. The SMILES string of the molecule is CCOCc1nc(Cl)cc(-c2ccc(OC)cc2F)n1. The van der Waals surface area contributed by atoms with E-state index in [9.17, 15) is 4.39 Å². The van der Waals surface area contributed by atoms with Gasteiger partial charge in [0.25, 0.3) is 0 Å². The van der Waals surface area contributed by atoms with Crippen molar-refractivity contribution in [2.24, 2.45) is 0 Å². The fraction of sp³-hybridized carbons (Fsp3) is 0.286. The van der Waals surface area contributed by atoms with Crippen molar-refractivity contribution < 1.29 is 13.9 Å². The molecule has 0 spiro atoms. The van der Waals surface area contributed by atoms with Crippen LogP contribution in [0.5, 0.6) is 5.75 Å². The van der Waals surface area contributed by atoms with Crippen LogP contribution in [0.4, 0.5) is 4.39 Å². The molecule has 0 saturated heterocycles. The maximum Gasteiger partial charge on any atom is 0.156 e. The van der Waals surface area contributed by atoms with Gasteiger partial charge >= 0.3 is 0 Å². The van der Waals surface area contributed by atoms with Crippen LogP contribution in [0, 0.1) is 5.82 Å². The summed E-state index contributed by atoms with van der Waals surface area (Å²) in [4.78, 5) is 8.30. The molecule has 0 unspecified atom stereocenters. The lowest BCUT2D eigenvalue weighted by Crippen LogP contribution is -2.01. The molecule has 2 rings (SSSR count). The van der Waals surface area contributed by atoms with E-state index in [1.54, 1.807) is 12.1 Å². The maximum absolute atomic E-state index is 14.0. The molecule has 6 heteroatoms. The first kappa shape index (κ1) is 14.7. The molecule has 4 nitrogen and oxygen atoms in total. The van der Waals surface area contributed by atoms with Gasteiger partial charge in [0.05, 0.1) is 12.8 Å². The highest BCUT2D eigenvalue weighted by Gasteiger charge is 2.11. The highest BCUT2D eigenvalue weighted by Crippen LogP contribution is 2.26. The van der Waals surface area contributed by atoms with Crippen LogP contribution in [0.15, 0.2) is 24.3 Å². The normalized spacial score (nSPS) is 10.6. The Balaban J connectivity index is 2.39. The van der Waals surface area contributed by atoms with Gasteiger partial charge in [0.15, 0.2) is 5.82 Å². The highest BCUT2D eigenvalue weighted by molar-refractivity contribution is 6.29. The topological polar surface area (TPSA) is 44.2 Å². The lowest BCUT2D eigenvalue weighted by Gasteiger charge is -2.07. The summed E-state index contributed by atoms with van der Waals surface area (Å²) < 4.78 is 24.2. The summed E-state index contributed by atoms with van der Waals surface area (Å²) in [6.45, 7) is 2.65. The Kier molecular flexibility index (Phi) is 4.87. The van der Waals surface area contributed by atoms with Gasteiger partial charge in [0.2, 0.25) is 0 Å². The van der Waals surface area contributed by atoms with Crippen LogP contribution in [0.3, 0.4) is 0 Å².